The van der Waals surface area contributed by atoms with Crippen molar-refractivity contribution in [3.63, 3.8) is 0 Å². The SMILES string of the molecule is CC(=O)N[C@@H]1[C@@H](O)[C@H](O[C@@H]2O[C@H](CO[C@H]3O[C@H](CO)[C@@H](O)[C@H](O)[C@@H]3O[C@@H]3O[C@H](CO)[C@@H](O[C@@H]4O[C@H](CO[C@]5(C(=O)O)C[C@H](O)[C@@H](NC(C)=O)[C@H]([C@H](O)[C@H](O)CO)O5)[C@H](O)[C@H](O)[C@H]4O)[C@H](O)[C@H]3NC(C)=O)[C@@H](O)[C@H](O[C@H]3O[C@H](CO)[C@@H](O)[C@H](O)[C@@H]3O[C@@H]3O[C@H](CO)[C@@H](O[C@@H]4O[C@H](CO)[C@H](O)[C@H](O)[C@H]4O)[C@H](O)[C@H]3NC(C)=O)[C@@H]2O)[C@@H](CO)O[C@H]1O. The van der Waals surface area contributed by atoms with E-state index in [0.29, 0.717) is 0 Å². The Morgan fingerprint density at radius 2 is 0.686 bits per heavy atom. The number of rotatable bonds is 32. The molecule has 0 aromatic carbocycles. The van der Waals surface area contributed by atoms with Crippen LogP contribution in [-0.4, -0.2) is 509 Å². The lowest BCUT2D eigenvalue weighted by Crippen LogP contribution is -2.70. The van der Waals surface area contributed by atoms with Gasteiger partial charge in [0.15, 0.2) is 50.3 Å². The van der Waals surface area contributed by atoms with Crippen molar-refractivity contribution in [3.8, 4) is 0 Å². The number of carboxylic acid groups (broad SMARTS) is 1. The van der Waals surface area contributed by atoms with Gasteiger partial charge in [-0.2, -0.15) is 0 Å². The predicted molar refractivity (Wildman–Crippen MR) is 361 cm³/mol. The molecular formula is C65H108N4O49. The molecule has 9 fully saturated rings. The van der Waals surface area contributed by atoms with Crippen LogP contribution in [0.2, 0.25) is 0 Å². The van der Waals surface area contributed by atoms with Crippen LogP contribution in [0.15, 0.2) is 0 Å². The Balaban J connectivity index is 0.987. The highest BCUT2D eigenvalue weighted by Gasteiger charge is 2.62. The Labute approximate surface area is 666 Å². The Morgan fingerprint density at radius 3 is 1.12 bits per heavy atom. The summed E-state index contributed by atoms with van der Waals surface area (Å²) < 4.78 is 99.8. The highest BCUT2D eigenvalue weighted by molar-refractivity contribution is 5.77. The summed E-state index contributed by atoms with van der Waals surface area (Å²) in [4.78, 5) is 63.3. The van der Waals surface area contributed by atoms with Crippen LogP contribution in [-0.2, 0) is 104 Å². The zero-order valence-electron chi connectivity index (χ0n) is 63.1. The van der Waals surface area contributed by atoms with Crippen LogP contribution >= 0.6 is 0 Å². The molecule has 0 aliphatic carbocycles. The minimum atomic E-state index is -3.07. The van der Waals surface area contributed by atoms with Gasteiger partial charge in [-0.05, 0) is 0 Å². The van der Waals surface area contributed by atoms with E-state index < -0.39 is 377 Å². The smallest absolute Gasteiger partial charge is 0.364 e. The minimum absolute atomic E-state index is 0.836. The molecule has 0 aromatic heterocycles. The lowest BCUT2D eigenvalue weighted by atomic mass is 9.88. The highest BCUT2D eigenvalue weighted by atomic mass is 16.8. The fourth-order valence-corrected chi connectivity index (χ4v) is 15.0. The van der Waals surface area contributed by atoms with Gasteiger partial charge in [0, 0.05) is 34.1 Å². The van der Waals surface area contributed by atoms with Gasteiger partial charge in [0.05, 0.1) is 71.6 Å². The number of carbonyl (C=O) groups excluding carboxylic acids is 4. The van der Waals surface area contributed by atoms with Crippen molar-refractivity contribution in [2.45, 2.75) is 316 Å². The molecule has 0 spiro atoms. The van der Waals surface area contributed by atoms with E-state index in [-0.39, 0.29) is 0 Å². The molecule has 0 saturated carbocycles. The molecule has 9 aliphatic rings. The Hall–Kier alpha value is -4.37. The van der Waals surface area contributed by atoms with E-state index >= 15 is 0 Å². The van der Waals surface area contributed by atoms with Crippen LogP contribution in [0.1, 0.15) is 34.1 Å². The fourth-order valence-electron chi connectivity index (χ4n) is 15.0. The normalized spacial score (nSPS) is 47.6. The monoisotopic (exact) mass is 1730 g/mol. The molecule has 31 N–H and O–H groups in total. The van der Waals surface area contributed by atoms with Gasteiger partial charge in [-0.3, -0.25) is 19.2 Å². The van der Waals surface area contributed by atoms with Gasteiger partial charge in [-0.15, -0.1) is 0 Å². The number of aliphatic hydroxyl groups excluding tert-OH is 26. The molecule has 4 amide bonds. The molecule has 0 radical (unpaired) electrons. The molecule has 9 saturated heterocycles. The molecule has 0 bridgehead atoms. The highest BCUT2D eigenvalue weighted by Crippen LogP contribution is 2.41. The van der Waals surface area contributed by atoms with Crippen LogP contribution in [0.4, 0.5) is 0 Å². The quantitative estimate of drug-likeness (QED) is 0.0297. The number of nitrogens with one attached hydrogen (secondary N) is 4. The van der Waals surface area contributed by atoms with Gasteiger partial charge in [-0.25, -0.2) is 4.79 Å². The molecule has 9 rings (SSSR count). The van der Waals surface area contributed by atoms with Crippen LogP contribution < -0.4 is 21.3 Å². The Kier molecular flexibility index (Phi) is 34.7. The summed E-state index contributed by atoms with van der Waals surface area (Å²) >= 11 is 0. The maximum absolute atomic E-state index is 13.1. The lowest BCUT2D eigenvalue weighted by molar-refractivity contribution is -0.397. The van der Waals surface area contributed by atoms with E-state index in [1.54, 1.807) is 0 Å². The number of hydrogen-bond donors (Lipinski definition) is 31. The summed E-state index contributed by atoms with van der Waals surface area (Å²) in [5.41, 5.74) is 0. The van der Waals surface area contributed by atoms with Crippen molar-refractivity contribution in [2.24, 2.45) is 0 Å². The summed E-state index contributed by atoms with van der Waals surface area (Å²) in [5, 5.41) is 308. The van der Waals surface area contributed by atoms with E-state index in [1.807, 2.05) is 0 Å². The zero-order chi connectivity index (χ0) is 87.3. The summed E-state index contributed by atoms with van der Waals surface area (Å²) in [6, 6.07) is -7.41. The molecule has 118 heavy (non-hydrogen) atoms. The van der Waals surface area contributed by atoms with Gasteiger partial charge < -0.3 is 240 Å². The first-order chi connectivity index (χ1) is 55.6. The molecule has 53 heteroatoms. The van der Waals surface area contributed by atoms with Gasteiger partial charge in [0.1, 0.15) is 213 Å². The summed E-state index contributed by atoms with van der Waals surface area (Å²) in [6.07, 6.45) is -89.0. The van der Waals surface area contributed by atoms with Gasteiger partial charge >= 0.3 is 5.97 Å². The number of hydrogen-bond acceptors (Lipinski definition) is 48. The van der Waals surface area contributed by atoms with Gasteiger partial charge in [0.25, 0.3) is 5.79 Å². The zero-order valence-corrected chi connectivity index (χ0v) is 63.1. The molecule has 0 unspecified atom stereocenters. The van der Waals surface area contributed by atoms with Crippen LogP contribution in [0.25, 0.3) is 0 Å². The summed E-state index contributed by atoms with van der Waals surface area (Å²) in [7, 11) is 0. The standard InChI is InChI=1S/C65H108N4O49/c1-15(77)66-29-19(81)5-65(64(100)101,118-52(29)33(83)20(82)6-70)103-14-28-37(87)43(93)47(97)60(111-28)113-51-26(12-76)108-57(31(40(51)90)68-17(3)79)116-54-44(94)35(85)22(8-72)106-62(54)102-13-27-38(88)53(48(98)61(110-27)114-49-24(10-74)104-56(99)30(39(49)89)67-16(2)78)115-63-55(45(95)36(86)23(9-73)107-63)117-58-32(69-18(4)80)41(91)50(25(11-75)109-58)112-59-46(96)42(92)34(84)21(7-71)105-59/h19-63,70-76,81-99H,5-14H2,1-4H3,(H,66,77)(H,67,78)(H,68,79)(H,69,80)(H,100,101)/t19-,20+,21+,22+,23+,24+,25+,26+,27+,28+,29+,30+,31+,32+,33+,34-,35+,36+,37-,38+,39+,40+,41+,42-,43-,44-,45-,46+,47+,48-,49+,50+,51+,52+,53-,54-,55-,56+,57-,58-,59-,60-,61-,62-,63+,65+/m0/s1. The van der Waals surface area contributed by atoms with Crippen molar-refractivity contribution in [2.75, 3.05) is 59.5 Å². The number of ether oxygens (including phenoxy) is 17. The molecule has 0 aromatic rings. The Bertz CT molecular complexity index is 3210. The second-order valence-electron chi connectivity index (χ2n) is 29.6. The van der Waals surface area contributed by atoms with Gasteiger partial charge in [0.2, 0.25) is 23.6 Å². The second-order valence-corrected chi connectivity index (χ2v) is 29.6. The number of carboxylic acids is 1. The Morgan fingerprint density at radius 1 is 0.347 bits per heavy atom. The lowest BCUT2D eigenvalue weighted by Gasteiger charge is -2.51. The maximum Gasteiger partial charge on any atom is 0.364 e. The van der Waals surface area contributed by atoms with Crippen LogP contribution in [0.5, 0.6) is 0 Å². The predicted octanol–water partition coefficient (Wildman–Crippen LogP) is -20.8. The van der Waals surface area contributed by atoms with Crippen molar-refractivity contribution in [1.82, 2.24) is 21.3 Å². The summed E-state index contributed by atoms with van der Waals surface area (Å²) in [5.74, 6) is -8.77. The molecular weight excluding hydrogens is 1620 g/mol. The molecule has 682 valence electrons. The first kappa shape index (κ1) is 97.4. The number of aliphatic carboxylic acids is 1. The average Bonchev–Trinajstić information content (AvgIpc) is 0.770. The summed E-state index contributed by atoms with van der Waals surface area (Å²) in [6.45, 7) is -6.55. The number of carbonyl (C=O) groups is 5. The maximum atomic E-state index is 13.1. The molecule has 9 aliphatic heterocycles. The third-order valence-electron chi connectivity index (χ3n) is 21.3. The van der Waals surface area contributed by atoms with Crippen molar-refractivity contribution in [1.29, 1.82) is 0 Å². The third-order valence-corrected chi connectivity index (χ3v) is 21.3. The van der Waals surface area contributed by atoms with Crippen molar-refractivity contribution in [3.05, 3.63) is 0 Å². The molecule has 46 atom stereocenters. The van der Waals surface area contributed by atoms with E-state index in [9.17, 15) is 162 Å². The first-order valence-corrected chi connectivity index (χ1v) is 37.3. The van der Waals surface area contributed by atoms with E-state index in [1.165, 1.54) is 0 Å². The number of aliphatic hydroxyl groups is 26. The topological polar surface area (TPSA) is 837 Å². The van der Waals surface area contributed by atoms with E-state index in [4.69, 9.17) is 80.5 Å². The molecule has 9 heterocycles. The van der Waals surface area contributed by atoms with Crippen molar-refractivity contribution < 1.29 is 242 Å². The number of amides is 4. The third kappa shape index (κ3) is 21.4. The fraction of sp³-hybridized carbons (Fsp3) is 0.923. The largest absolute Gasteiger partial charge is 0.477 e. The van der Waals surface area contributed by atoms with Gasteiger partial charge in [-0.1, -0.05) is 0 Å². The molecule has 53 nitrogen and oxygen atoms in total. The van der Waals surface area contributed by atoms with Crippen LogP contribution in [0, 0.1) is 0 Å². The van der Waals surface area contributed by atoms with Crippen LogP contribution in [0.3, 0.4) is 0 Å². The average molecular weight is 1730 g/mol. The first-order valence-electron chi connectivity index (χ1n) is 37.3. The van der Waals surface area contributed by atoms with E-state index in [0.717, 1.165) is 27.7 Å². The van der Waals surface area contributed by atoms with E-state index in [2.05, 4.69) is 21.3 Å². The minimum Gasteiger partial charge on any atom is -0.477 e. The van der Waals surface area contributed by atoms with Crippen molar-refractivity contribution >= 4 is 29.6 Å². The second kappa shape index (κ2) is 42.1.